The van der Waals surface area contributed by atoms with E-state index in [9.17, 15) is 4.79 Å². The summed E-state index contributed by atoms with van der Waals surface area (Å²) < 4.78 is 0.836. The Bertz CT molecular complexity index is 523. The minimum absolute atomic E-state index is 0.141. The molecule has 88 valence electrons. The first-order chi connectivity index (χ1) is 8.16. The van der Waals surface area contributed by atoms with E-state index in [1.807, 2.05) is 32.0 Å². The Hall–Kier alpha value is -1.20. The third kappa shape index (κ3) is 3.14. The molecule has 2 aromatic rings. The highest BCUT2D eigenvalue weighted by molar-refractivity contribution is 8.01. The number of Topliss-reactive ketones (excluding diaryl/α,β-unsaturated/α-hetero) is 1. The topological polar surface area (TPSA) is 42.9 Å². The normalized spacial score (nSPS) is 10.5. The Morgan fingerprint density at radius 1 is 1.41 bits per heavy atom. The highest BCUT2D eigenvalue weighted by atomic mass is 32.2. The Kier molecular flexibility index (Phi) is 3.91. The van der Waals surface area contributed by atoms with Gasteiger partial charge in [-0.05, 0) is 19.4 Å². The molecule has 0 aliphatic carbocycles. The van der Waals surface area contributed by atoms with E-state index in [1.54, 1.807) is 5.51 Å². The molecule has 0 saturated carbocycles. The van der Waals surface area contributed by atoms with Crippen molar-refractivity contribution in [2.75, 3.05) is 5.75 Å². The average molecular weight is 264 g/mol. The summed E-state index contributed by atoms with van der Waals surface area (Å²) in [6.07, 6.45) is 0. The van der Waals surface area contributed by atoms with Gasteiger partial charge in [0.25, 0.3) is 0 Å². The van der Waals surface area contributed by atoms with Gasteiger partial charge in [0.05, 0.1) is 5.75 Å². The van der Waals surface area contributed by atoms with Crippen molar-refractivity contribution in [1.29, 1.82) is 0 Å². The van der Waals surface area contributed by atoms with E-state index in [1.165, 1.54) is 28.7 Å². The largest absolute Gasteiger partial charge is 0.293 e. The number of aryl methyl sites for hydroxylation is 2. The van der Waals surface area contributed by atoms with Gasteiger partial charge in [0.1, 0.15) is 5.51 Å². The molecule has 0 N–H and O–H groups in total. The van der Waals surface area contributed by atoms with Gasteiger partial charge in [-0.3, -0.25) is 4.79 Å². The van der Waals surface area contributed by atoms with Crippen molar-refractivity contribution >= 4 is 28.9 Å². The van der Waals surface area contributed by atoms with E-state index < -0.39 is 0 Å². The van der Waals surface area contributed by atoms with Gasteiger partial charge in [-0.15, -0.1) is 10.2 Å². The van der Waals surface area contributed by atoms with E-state index in [-0.39, 0.29) is 5.78 Å². The second-order valence-corrected chi connectivity index (χ2v) is 5.79. The van der Waals surface area contributed by atoms with Crippen molar-refractivity contribution in [3.8, 4) is 0 Å². The molecule has 0 fully saturated rings. The molecule has 0 aliphatic heterocycles. The highest BCUT2D eigenvalue weighted by Crippen LogP contribution is 2.21. The maximum absolute atomic E-state index is 12.0. The van der Waals surface area contributed by atoms with Crippen LogP contribution in [0.4, 0.5) is 0 Å². The smallest absolute Gasteiger partial charge is 0.174 e. The van der Waals surface area contributed by atoms with E-state index >= 15 is 0 Å². The highest BCUT2D eigenvalue weighted by Gasteiger charge is 2.10. The first-order valence-electron chi connectivity index (χ1n) is 5.16. The van der Waals surface area contributed by atoms with Crippen LogP contribution in [0.25, 0.3) is 0 Å². The summed E-state index contributed by atoms with van der Waals surface area (Å²) in [6.45, 7) is 3.99. The molecule has 0 saturated heterocycles. The molecule has 0 radical (unpaired) electrons. The van der Waals surface area contributed by atoms with Gasteiger partial charge in [-0.1, -0.05) is 46.9 Å². The number of carbonyl (C=O) groups excluding carboxylic acids is 1. The number of hydrogen-bond donors (Lipinski definition) is 0. The number of ketones is 1. The molecular formula is C12H12N2OS2. The van der Waals surface area contributed by atoms with Crippen LogP contribution in [0.1, 0.15) is 21.5 Å². The molecule has 3 nitrogen and oxygen atoms in total. The van der Waals surface area contributed by atoms with Crippen LogP contribution in [0.15, 0.2) is 28.0 Å². The lowest BCUT2D eigenvalue weighted by Gasteiger charge is -2.04. The van der Waals surface area contributed by atoms with Crippen LogP contribution in [-0.2, 0) is 0 Å². The van der Waals surface area contributed by atoms with Gasteiger partial charge < -0.3 is 0 Å². The Balaban J connectivity index is 2.04. The molecule has 5 heteroatoms. The van der Waals surface area contributed by atoms with Crippen LogP contribution < -0.4 is 0 Å². The molecule has 0 spiro atoms. The van der Waals surface area contributed by atoms with Gasteiger partial charge >= 0.3 is 0 Å². The van der Waals surface area contributed by atoms with Gasteiger partial charge in [0, 0.05) is 5.56 Å². The van der Waals surface area contributed by atoms with Gasteiger partial charge in [0.2, 0.25) is 0 Å². The zero-order valence-corrected chi connectivity index (χ0v) is 11.3. The van der Waals surface area contributed by atoms with Crippen molar-refractivity contribution in [2.24, 2.45) is 0 Å². The van der Waals surface area contributed by atoms with Crippen LogP contribution in [-0.4, -0.2) is 21.7 Å². The fourth-order valence-electron chi connectivity index (χ4n) is 1.56. The molecule has 0 unspecified atom stereocenters. The second-order valence-electron chi connectivity index (χ2n) is 3.73. The third-order valence-electron chi connectivity index (χ3n) is 2.35. The molecule has 1 heterocycles. The maximum atomic E-state index is 12.0. The summed E-state index contributed by atoms with van der Waals surface area (Å²) in [4.78, 5) is 12.0. The summed E-state index contributed by atoms with van der Waals surface area (Å²) in [6, 6.07) is 5.90. The summed E-state index contributed by atoms with van der Waals surface area (Å²) in [7, 11) is 0. The van der Waals surface area contributed by atoms with E-state index in [4.69, 9.17) is 0 Å². The molecule has 17 heavy (non-hydrogen) atoms. The minimum atomic E-state index is 0.141. The summed E-state index contributed by atoms with van der Waals surface area (Å²) in [5, 5.41) is 7.64. The fraction of sp³-hybridized carbons (Fsp3) is 0.250. The van der Waals surface area contributed by atoms with E-state index in [0.29, 0.717) is 5.75 Å². The summed E-state index contributed by atoms with van der Waals surface area (Å²) in [5.41, 5.74) is 4.68. The van der Waals surface area contributed by atoms with Gasteiger partial charge in [-0.25, -0.2) is 0 Å². The Morgan fingerprint density at radius 3 is 2.88 bits per heavy atom. The number of aromatic nitrogens is 2. The maximum Gasteiger partial charge on any atom is 0.174 e. The number of benzene rings is 1. The number of rotatable bonds is 4. The zero-order chi connectivity index (χ0) is 12.3. The number of carbonyl (C=O) groups is 1. The number of nitrogens with zero attached hydrogens (tertiary/aromatic N) is 2. The number of thioether (sulfide) groups is 1. The van der Waals surface area contributed by atoms with Crippen molar-refractivity contribution < 1.29 is 4.79 Å². The van der Waals surface area contributed by atoms with Crippen molar-refractivity contribution in [2.45, 2.75) is 18.2 Å². The first-order valence-corrected chi connectivity index (χ1v) is 7.03. The average Bonchev–Trinajstić information content (AvgIpc) is 2.78. The van der Waals surface area contributed by atoms with Crippen molar-refractivity contribution in [1.82, 2.24) is 10.2 Å². The molecule has 1 aromatic carbocycles. The van der Waals surface area contributed by atoms with E-state index in [0.717, 1.165) is 15.5 Å². The summed E-state index contributed by atoms with van der Waals surface area (Å²) in [5.74, 6) is 0.557. The molecule has 0 amide bonds. The number of hydrogen-bond acceptors (Lipinski definition) is 5. The molecule has 0 aliphatic rings. The van der Waals surface area contributed by atoms with Crippen molar-refractivity contribution in [3.05, 3.63) is 40.4 Å². The Labute approximate surface area is 108 Å². The quantitative estimate of drug-likeness (QED) is 0.628. The molecule has 0 atom stereocenters. The van der Waals surface area contributed by atoms with Crippen LogP contribution in [0.3, 0.4) is 0 Å². The zero-order valence-electron chi connectivity index (χ0n) is 9.64. The van der Waals surface area contributed by atoms with Crippen LogP contribution >= 0.6 is 23.1 Å². The Morgan fingerprint density at radius 2 is 2.24 bits per heavy atom. The third-order valence-corrected chi connectivity index (χ3v) is 4.21. The second kappa shape index (κ2) is 5.42. The molecule has 0 bridgehead atoms. The molecule has 1 aromatic heterocycles. The lowest BCUT2D eigenvalue weighted by atomic mass is 10.0. The summed E-state index contributed by atoms with van der Waals surface area (Å²) >= 11 is 2.89. The van der Waals surface area contributed by atoms with Crippen LogP contribution in [0.2, 0.25) is 0 Å². The predicted molar refractivity (Wildman–Crippen MR) is 70.9 cm³/mol. The SMILES string of the molecule is Cc1ccc(C(=O)CSc2nncs2)c(C)c1. The van der Waals surface area contributed by atoms with Gasteiger partial charge in [0.15, 0.2) is 10.1 Å². The monoisotopic (exact) mass is 264 g/mol. The minimum Gasteiger partial charge on any atom is -0.293 e. The van der Waals surface area contributed by atoms with Crippen molar-refractivity contribution in [3.63, 3.8) is 0 Å². The fourth-order valence-corrected chi connectivity index (χ4v) is 2.93. The van der Waals surface area contributed by atoms with E-state index in [2.05, 4.69) is 10.2 Å². The van der Waals surface area contributed by atoms with Gasteiger partial charge in [-0.2, -0.15) is 0 Å². The molecular weight excluding hydrogens is 252 g/mol. The first kappa shape index (κ1) is 12.3. The van der Waals surface area contributed by atoms with Crippen LogP contribution in [0, 0.1) is 13.8 Å². The van der Waals surface area contributed by atoms with Crippen LogP contribution in [0.5, 0.6) is 0 Å². The lowest BCUT2D eigenvalue weighted by Crippen LogP contribution is -2.04. The standard InChI is InChI=1S/C12H12N2OS2/c1-8-3-4-10(9(2)5-8)11(15)6-16-12-14-13-7-17-12/h3-5,7H,6H2,1-2H3. The molecule has 2 rings (SSSR count). The predicted octanol–water partition coefficient (Wildman–Crippen LogP) is 3.13. The lowest BCUT2D eigenvalue weighted by molar-refractivity contribution is 0.102.